The lowest BCUT2D eigenvalue weighted by Crippen LogP contribution is -2.56. The van der Waals surface area contributed by atoms with Crippen LogP contribution in [0.5, 0.6) is 0 Å². The van der Waals surface area contributed by atoms with E-state index in [0.717, 1.165) is 12.0 Å². The van der Waals surface area contributed by atoms with Gasteiger partial charge < -0.3 is 26.5 Å². The summed E-state index contributed by atoms with van der Waals surface area (Å²) in [6, 6.07) is 6.28. The molecule has 0 bridgehead atoms. The maximum absolute atomic E-state index is 12.9. The summed E-state index contributed by atoms with van der Waals surface area (Å²) in [5, 5.41) is 14.7. The van der Waals surface area contributed by atoms with Crippen molar-refractivity contribution in [1.82, 2.24) is 20.6 Å². The number of aromatic amines is 1. The van der Waals surface area contributed by atoms with Gasteiger partial charge in [0.2, 0.25) is 11.8 Å². The van der Waals surface area contributed by atoms with Crippen molar-refractivity contribution >= 4 is 17.8 Å². The van der Waals surface area contributed by atoms with Crippen molar-refractivity contribution in [3.05, 3.63) is 54.1 Å². The van der Waals surface area contributed by atoms with E-state index in [0.29, 0.717) is 5.69 Å². The van der Waals surface area contributed by atoms with Gasteiger partial charge in [-0.1, -0.05) is 50.6 Å². The Kier molecular flexibility index (Phi) is 8.54. The molecule has 9 heteroatoms. The molecule has 0 saturated heterocycles. The molecule has 0 fully saturated rings. The topological polar surface area (TPSA) is 150 Å². The molecule has 162 valence electrons. The Morgan fingerprint density at radius 3 is 2.33 bits per heavy atom. The summed E-state index contributed by atoms with van der Waals surface area (Å²) in [5.74, 6) is -2.27. The lowest BCUT2D eigenvalue weighted by Gasteiger charge is -2.24. The number of carbonyl (C=O) groups excluding carboxylic acids is 2. The van der Waals surface area contributed by atoms with Gasteiger partial charge in [-0.25, -0.2) is 9.78 Å². The molecule has 0 unspecified atom stereocenters. The van der Waals surface area contributed by atoms with Gasteiger partial charge in [0.1, 0.15) is 12.1 Å². The summed E-state index contributed by atoms with van der Waals surface area (Å²) in [5.41, 5.74) is 7.41. The Balaban J connectivity index is 2.15. The largest absolute Gasteiger partial charge is 0.480 e. The number of aliphatic carboxylic acids is 1. The summed E-state index contributed by atoms with van der Waals surface area (Å²) >= 11 is 0. The predicted octanol–water partition coefficient (Wildman–Crippen LogP) is 0.623. The van der Waals surface area contributed by atoms with E-state index in [1.54, 1.807) is 0 Å². The number of benzene rings is 1. The van der Waals surface area contributed by atoms with Crippen LogP contribution in [0.15, 0.2) is 42.9 Å². The first-order chi connectivity index (χ1) is 14.3. The molecule has 9 nitrogen and oxygen atoms in total. The van der Waals surface area contributed by atoms with E-state index in [9.17, 15) is 19.5 Å². The number of aromatic nitrogens is 2. The summed E-state index contributed by atoms with van der Waals surface area (Å²) in [6.07, 6.45) is 3.90. The zero-order valence-corrected chi connectivity index (χ0v) is 17.2. The number of rotatable bonds is 11. The molecule has 2 amide bonds. The maximum Gasteiger partial charge on any atom is 0.326 e. The van der Waals surface area contributed by atoms with Crippen molar-refractivity contribution in [2.75, 3.05) is 0 Å². The fourth-order valence-corrected chi connectivity index (χ4v) is 2.93. The van der Waals surface area contributed by atoms with Gasteiger partial charge in [0.05, 0.1) is 12.4 Å². The van der Waals surface area contributed by atoms with Gasteiger partial charge in [0.25, 0.3) is 0 Å². The van der Waals surface area contributed by atoms with Crippen LogP contribution in [0.2, 0.25) is 0 Å². The van der Waals surface area contributed by atoms with Crippen LogP contribution in [-0.2, 0) is 27.2 Å². The second-order valence-electron chi connectivity index (χ2n) is 7.34. The number of carboxylic acid groups (broad SMARTS) is 1. The second kappa shape index (κ2) is 11.1. The SMILES string of the molecule is CC[C@H](C)[C@H](N)C(=O)N[C@@H](Cc1ccccc1)C(=O)N[C@@H](Cc1cnc[nH]1)C(=O)O. The molecule has 4 atom stereocenters. The summed E-state index contributed by atoms with van der Waals surface area (Å²) in [7, 11) is 0. The molecule has 1 aromatic heterocycles. The van der Waals surface area contributed by atoms with Gasteiger partial charge in [-0.2, -0.15) is 0 Å². The highest BCUT2D eigenvalue weighted by molar-refractivity contribution is 5.92. The molecule has 1 aromatic carbocycles. The van der Waals surface area contributed by atoms with E-state index in [-0.39, 0.29) is 18.8 Å². The van der Waals surface area contributed by atoms with Crippen LogP contribution in [0.1, 0.15) is 31.5 Å². The Labute approximate surface area is 175 Å². The van der Waals surface area contributed by atoms with Gasteiger partial charge in [-0.05, 0) is 11.5 Å². The Morgan fingerprint density at radius 1 is 1.10 bits per heavy atom. The predicted molar refractivity (Wildman–Crippen MR) is 111 cm³/mol. The van der Waals surface area contributed by atoms with Crippen molar-refractivity contribution in [2.45, 2.75) is 51.2 Å². The van der Waals surface area contributed by atoms with Crippen LogP contribution in [0.4, 0.5) is 0 Å². The van der Waals surface area contributed by atoms with Gasteiger partial charge in [0.15, 0.2) is 0 Å². The zero-order chi connectivity index (χ0) is 22.1. The van der Waals surface area contributed by atoms with E-state index in [1.807, 2.05) is 44.2 Å². The monoisotopic (exact) mass is 415 g/mol. The van der Waals surface area contributed by atoms with Gasteiger partial charge in [0, 0.05) is 24.7 Å². The molecule has 6 N–H and O–H groups in total. The molecule has 0 saturated carbocycles. The molecule has 0 aliphatic carbocycles. The molecule has 1 heterocycles. The number of nitrogens with one attached hydrogen (secondary N) is 3. The molecular formula is C21H29N5O4. The smallest absolute Gasteiger partial charge is 0.326 e. The van der Waals surface area contributed by atoms with Gasteiger partial charge >= 0.3 is 5.97 Å². The molecule has 2 rings (SSSR count). The van der Waals surface area contributed by atoms with Crippen LogP contribution in [-0.4, -0.2) is 51.0 Å². The lowest BCUT2D eigenvalue weighted by molar-refractivity contribution is -0.142. The van der Waals surface area contributed by atoms with Crippen LogP contribution >= 0.6 is 0 Å². The van der Waals surface area contributed by atoms with Crippen LogP contribution in [0.3, 0.4) is 0 Å². The third kappa shape index (κ3) is 6.70. The van der Waals surface area contributed by atoms with Crippen LogP contribution in [0, 0.1) is 5.92 Å². The van der Waals surface area contributed by atoms with Crippen LogP contribution in [0.25, 0.3) is 0 Å². The second-order valence-corrected chi connectivity index (χ2v) is 7.34. The number of nitrogens with two attached hydrogens (primary N) is 1. The lowest BCUT2D eigenvalue weighted by atomic mass is 9.98. The van der Waals surface area contributed by atoms with E-state index >= 15 is 0 Å². The van der Waals surface area contributed by atoms with Gasteiger partial charge in [-0.15, -0.1) is 0 Å². The summed E-state index contributed by atoms with van der Waals surface area (Å²) in [6.45, 7) is 3.79. The highest BCUT2D eigenvalue weighted by Gasteiger charge is 2.29. The molecule has 30 heavy (non-hydrogen) atoms. The van der Waals surface area contributed by atoms with Crippen molar-refractivity contribution < 1.29 is 19.5 Å². The minimum absolute atomic E-state index is 0.0411. The number of carbonyl (C=O) groups is 3. The first kappa shape index (κ1) is 23.1. The van der Waals surface area contributed by atoms with Crippen molar-refractivity contribution in [1.29, 1.82) is 0 Å². The number of hydrogen-bond acceptors (Lipinski definition) is 5. The standard InChI is InChI=1S/C21H29N5O4/c1-3-13(2)18(22)20(28)25-16(9-14-7-5-4-6-8-14)19(27)26-17(21(29)30)10-15-11-23-12-24-15/h4-8,11-13,16-18H,3,9-10,22H2,1-2H3,(H,23,24)(H,25,28)(H,26,27)(H,29,30)/t13-,16-,17-,18-/m0/s1. The molecular weight excluding hydrogens is 386 g/mol. The van der Waals surface area contributed by atoms with E-state index in [1.165, 1.54) is 12.5 Å². The molecule has 0 aliphatic rings. The number of carboxylic acids is 1. The quantitative estimate of drug-likeness (QED) is 0.363. The number of hydrogen-bond donors (Lipinski definition) is 5. The van der Waals surface area contributed by atoms with Crippen LogP contribution < -0.4 is 16.4 Å². The minimum Gasteiger partial charge on any atom is -0.480 e. The van der Waals surface area contributed by atoms with E-state index in [4.69, 9.17) is 5.73 Å². The first-order valence-electron chi connectivity index (χ1n) is 9.92. The fraction of sp³-hybridized carbons (Fsp3) is 0.429. The molecule has 0 aliphatic heterocycles. The number of imidazole rings is 1. The number of amides is 2. The maximum atomic E-state index is 12.9. The van der Waals surface area contributed by atoms with E-state index in [2.05, 4.69) is 20.6 Å². The molecule has 2 aromatic rings. The number of nitrogens with zero attached hydrogens (tertiary/aromatic N) is 1. The van der Waals surface area contributed by atoms with Crippen molar-refractivity contribution in [2.24, 2.45) is 11.7 Å². The first-order valence-corrected chi connectivity index (χ1v) is 9.92. The van der Waals surface area contributed by atoms with Crippen molar-refractivity contribution in [3.8, 4) is 0 Å². The third-order valence-electron chi connectivity index (χ3n) is 5.07. The molecule has 0 radical (unpaired) electrons. The zero-order valence-electron chi connectivity index (χ0n) is 17.2. The van der Waals surface area contributed by atoms with Crippen molar-refractivity contribution in [3.63, 3.8) is 0 Å². The Bertz CT molecular complexity index is 825. The highest BCUT2D eigenvalue weighted by Crippen LogP contribution is 2.09. The third-order valence-corrected chi connectivity index (χ3v) is 5.07. The normalized spacial score (nSPS) is 14.9. The Morgan fingerprint density at radius 2 is 1.77 bits per heavy atom. The fourth-order valence-electron chi connectivity index (χ4n) is 2.93. The summed E-state index contributed by atoms with van der Waals surface area (Å²) < 4.78 is 0. The number of H-pyrrole nitrogens is 1. The van der Waals surface area contributed by atoms with Gasteiger partial charge in [-0.3, -0.25) is 9.59 Å². The average Bonchev–Trinajstić information content (AvgIpc) is 3.25. The average molecular weight is 415 g/mol. The van der Waals surface area contributed by atoms with E-state index < -0.39 is 35.9 Å². The minimum atomic E-state index is -1.18. The molecule has 0 spiro atoms. The highest BCUT2D eigenvalue weighted by atomic mass is 16.4. The Hall–Kier alpha value is -3.20. The summed E-state index contributed by atoms with van der Waals surface area (Å²) in [4.78, 5) is 43.8.